The van der Waals surface area contributed by atoms with Gasteiger partial charge in [-0.3, -0.25) is 0 Å². The van der Waals surface area contributed by atoms with Crippen molar-refractivity contribution >= 4 is 74.3 Å². The van der Waals surface area contributed by atoms with Gasteiger partial charge in [0, 0.05) is 45.2 Å². The van der Waals surface area contributed by atoms with Crippen molar-refractivity contribution in [1.29, 1.82) is 0 Å². The molecule has 0 atom stereocenters. The smallest absolute Gasteiger partial charge is 0.252 e. The molecule has 0 spiro atoms. The Morgan fingerprint density at radius 3 is 1.67 bits per heavy atom. The largest absolute Gasteiger partial charge is 0.311 e. The van der Waals surface area contributed by atoms with Crippen LogP contribution >= 0.6 is 0 Å². The lowest BCUT2D eigenvalue weighted by Gasteiger charge is -2.49. The summed E-state index contributed by atoms with van der Waals surface area (Å²) in [6.07, 6.45) is 0. The van der Waals surface area contributed by atoms with Gasteiger partial charge in [-0.2, -0.15) is 0 Å². The molecule has 3 nitrogen and oxygen atoms in total. The van der Waals surface area contributed by atoms with Crippen molar-refractivity contribution < 1.29 is 0 Å². The number of anilines is 9. The van der Waals surface area contributed by atoms with E-state index >= 15 is 0 Å². The Hall–Kier alpha value is -6.00. The number of hydrogen-bond donors (Lipinski definition) is 0. The molecule has 3 heterocycles. The number of nitrogens with zero attached hydrogens (tertiary/aromatic N) is 3. The molecule has 0 radical (unpaired) electrons. The second-order valence-electron chi connectivity index (χ2n) is 13.8. The molecule has 0 fully saturated rings. The maximum atomic E-state index is 2.58. The lowest BCUT2D eigenvalue weighted by Crippen LogP contribution is -2.62. The summed E-state index contributed by atoms with van der Waals surface area (Å²) in [5.41, 5.74) is 17.3. The highest BCUT2D eigenvalue weighted by Crippen LogP contribution is 2.54. The lowest BCUT2D eigenvalue weighted by atomic mass is 9.33. The Kier molecular flexibility index (Phi) is 6.01. The number of rotatable bonds is 4. The zero-order chi connectivity index (χ0) is 32.7. The van der Waals surface area contributed by atoms with E-state index in [4.69, 9.17) is 0 Å². The fourth-order valence-corrected chi connectivity index (χ4v) is 8.66. The summed E-state index contributed by atoms with van der Waals surface area (Å²) in [5.74, 6) is 0. The van der Waals surface area contributed by atoms with Crippen LogP contribution in [0.1, 0.15) is 25.0 Å². The van der Waals surface area contributed by atoms with Crippen LogP contribution in [0.3, 0.4) is 0 Å². The van der Waals surface area contributed by atoms with Crippen molar-refractivity contribution in [3.05, 3.63) is 181 Å². The van der Waals surface area contributed by atoms with E-state index in [1.807, 2.05) is 0 Å². The van der Waals surface area contributed by atoms with Gasteiger partial charge in [0.2, 0.25) is 0 Å². The summed E-state index contributed by atoms with van der Waals surface area (Å²) in [5, 5.41) is 0. The second kappa shape index (κ2) is 10.5. The molecular formula is C45H34BN3. The highest BCUT2D eigenvalue weighted by Gasteiger charge is 2.48. The van der Waals surface area contributed by atoms with Crippen molar-refractivity contribution in [2.75, 3.05) is 14.7 Å². The van der Waals surface area contributed by atoms with Gasteiger partial charge in [0.15, 0.2) is 0 Å². The standard InChI is InChI=1S/C45H34BN3/c1-45(2)35-23-12-14-27-39(35)49-42-30-34(47(31-17-6-3-7-18-31)32-19-8-4-9-20-32)29-41-43(42)46(38-26-16-24-36(45)44(38)49)37-25-13-15-28-40(37)48(41)33-21-10-5-11-22-33/h3-30H,1-2H3. The monoisotopic (exact) mass is 627 g/mol. The van der Waals surface area contributed by atoms with E-state index in [0.29, 0.717) is 0 Å². The van der Waals surface area contributed by atoms with Gasteiger partial charge in [0.1, 0.15) is 0 Å². The van der Waals surface area contributed by atoms with Gasteiger partial charge in [0.25, 0.3) is 6.71 Å². The third kappa shape index (κ3) is 3.98. The third-order valence-corrected chi connectivity index (χ3v) is 10.8. The van der Waals surface area contributed by atoms with Gasteiger partial charge in [0.05, 0.1) is 11.4 Å². The minimum absolute atomic E-state index is 0.0874. The predicted molar refractivity (Wildman–Crippen MR) is 207 cm³/mol. The third-order valence-electron chi connectivity index (χ3n) is 10.8. The first-order chi connectivity index (χ1) is 24.1. The topological polar surface area (TPSA) is 9.72 Å². The first-order valence-electron chi connectivity index (χ1n) is 17.2. The molecule has 0 unspecified atom stereocenters. The van der Waals surface area contributed by atoms with Crippen molar-refractivity contribution in [2.24, 2.45) is 0 Å². The molecule has 0 saturated carbocycles. The lowest BCUT2D eigenvalue weighted by molar-refractivity contribution is 0.632. The molecule has 4 heteroatoms. The average molecular weight is 628 g/mol. The van der Waals surface area contributed by atoms with Crippen molar-refractivity contribution in [1.82, 2.24) is 0 Å². The maximum Gasteiger partial charge on any atom is 0.252 e. The van der Waals surface area contributed by atoms with E-state index in [9.17, 15) is 0 Å². The molecule has 0 amide bonds. The van der Waals surface area contributed by atoms with E-state index in [-0.39, 0.29) is 12.1 Å². The van der Waals surface area contributed by atoms with Crippen LogP contribution in [0.2, 0.25) is 0 Å². The molecule has 0 saturated heterocycles. The summed E-state index contributed by atoms with van der Waals surface area (Å²) in [6, 6.07) is 62.3. The molecule has 3 aliphatic rings. The molecule has 7 aromatic rings. The average Bonchev–Trinajstić information content (AvgIpc) is 3.15. The quantitative estimate of drug-likeness (QED) is 0.180. The Labute approximate surface area is 288 Å². The molecule has 7 aromatic carbocycles. The van der Waals surface area contributed by atoms with E-state index in [2.05, 4.69) is 198 Å². The van der Waals surface area contributed by atoms with Gasteiger partial charge in [-0.05, 0) is 88.2 Å². The fraction of sp³-hybridized carbons (Fsp3) is 0.0667. The van der Waals surface area contributed by atoms with Gasteiger partial charge in [-0.25, -0.2) is 0 Å². The first kappa shape index (κ1) is 28.1. The summed E-state index contributed by atoms with van der Waals surface area (Å²) < 4.78 is 0. The Morgan fingerprint density at radius 1 is 0.449 bits per heavy atom. The van der Waals surface area contributed by atoms with Crippen molar-refractivity contribution in [2.45, 2.75) is 19.3 Å². The molecule has 0 aromatic heterocycles. The van der Waals surface area contributed by atoms with E-state index in [1.165, 1.54) is 56.0 Å². The zero-order valence-electron chi connectivity index (χ0n) is 27.6. The summed E-state index contributed by atoms with van der Waals surface area (Å²) in [4.78, 5) is 7.46. The molecule has 10 rings (SSSR count). The van der Waals surface area contributed by atoms with Crippen LogP contribution in [0.4, 0.5) is 51.2 Å². The predicted octanol–water partition coefficient (Wildman–Crippen LogP) is 9.88. The van der Waals surface area contributed by atoms with Crippen LogP contribution in [0.25, 0.3) is 0 Å². The van der Waals surface area contributed by atoms with Crippen LogP contribution in [0.5, 0.6) is 0 Å². The minimum Gasteiger partial charge on any atom is -0.311 e. The second-order valence-corrected chi connectivity index (χ2v) is 13.8. The maximum absolute atomic E-state index is 2.58. The van der Waals surface area contributed by atoms with E-state index in [0.717, 1.165) is 22.7 Å². The Bertz CT molecular complexity index is 2350. The number of hydrogen-bond acceptors (Lipinski definition) is 3. The molecule has 0 bridgehead atoms. The molecule has 232 valence electrons. The SMILES string of the molecule is CC1(C)c2ccccc2N2c3cc(N(c4ccccc4)c4ccccc4)cc4c3B(c3ccccc3N4c3ccccc3)c3cccc1c32. The Balaban J connectivity index is 1.36. The molecule has 3 aliphatic heterocycles. The van der Waals surface area contributed by atoms with Crippen LogP contribution in [0, 0.1) is 0 Å². The molecule has 49 heavy (non-hydrogen) atoms. The van der Waals surface area contributed by atoms with Crippen LogP contribution in [-0.2, 0) is 5.41 Å². The molecule has 0 aliphatic carbocycles. The van der Waals surface area contributed by atoms with Crippen LogP contribution in [0.15, 0.2) is 170 Å². The first-order valence-corrected chi connectivity index (χ1v) is 17.2. The summed E-state index contributed by atoms with van der Waals surface area (Å²) in [7, 11) is 0. The van der Waals surface area contributed by atoms with Crippen molar-refractivity contribution in [3.63, 3.8) is 0 Å². The molecular weight excluding hydrogens is 593 g/mol. The zero-order valence-corrected chi connectivity index (χ0v) is 27.6. The summed E-state index contributed by atoms with van der Waals surface area (Å²) >= 11 is 0. The number of fused-ring (bicyclic) bond motifs is 6. The highest BCUT2D eigenvalue weighted by molar-refractivity contribution is 7.00. The number of para-hydroxylation sites is 6. The minimum atomic E-state index is -0.152. The van der Waals surface area contributed by atoms with Crippen molar-refractivity contribution in [3.8, 4) is 0 Å². The fourth-order valence-electron chi connectivity index (χ4n) is 8.66. The number of benzene rings is 7. The van der Waals surface area contributed by atoms with Crippen LogP contribution < -0.4 is 31.1 Å². The van der Waals surface area contributed by atoms with Gasteiger partial charge < -0.3 is 14.7 Å². The summed E-state index contributed by atoms with van der Waals surface area (Å²) in [6.45, 7) is 4.85. The Morgan fingerprint density at radius 2 is 0.980 bits per heavy atom. The van der Waals surface area contributed by atoms with E-state index < -0.39 is 0 Å². The normalized spacial score (nSPS) is 14.4. The van der Waals surface area contributed by atoms with Crippen LogP contribution in [-0.4, -0.2) is 6.71 Å². The van der Waals surface area contributed by atoms with Gasteiger partial charge in [-0.1, -0.05) is 123 Å². The molecule has 0 N–H and O–H groups in total. The van der Waals surface area contributed by atoms with Gasteiger partial charge in [-0.15, -0.1) is 0 Å². The van der Waals surface area contributed by atoms with E-state index in [1.54, 1.807) is 0 Å². The highest BCUT2D eigenvalue weighted by atomic mass is 15.2. The van der Waals surface area contributed by atoms with Gasteiger partial charge >= 0.3 is 0 Å².